The molecular weight excluding hydrogens is 258 g/mol. The average molecular weight is 271 g/mol. The number of hydrogen-bond acceptors (Lipinski definition) is 6. The molecule has 1 fully saturated rings. The quantitative estimate of drug-likeness (QED) is 0.636. The van der Waals surface area contributed by atoms with E-state index in [1.165, 1.54) is 16.3 Å². The molecule has 0 aromatic carbocycles. The van der Waals surface area contributed by atoms with Gasteiger partial charge in [0.25, 0.3) is 0 Å². The second kappa shape index (κ2) is 6.23. The molecule has 1 aliphatic heterocycles. The molecule has 0 aliphatic carbocycles. The fourth-order valence-corrected chi connectivity index (χ4v) is 2.26. The summed E-state index contributed by atoms with van der Waals surface area (Å²) in [5.74, 6) is 0.817. The van der Waals surface area contributed by atoms with Crippen LogP contribution in [0.5, 0.6) is 0 Å². The van der Waals surface area contributed by atoms with Crippen molar-refractivity contribution in [2.45, 2.75) is 11.7 Å². The molecule has 16 heavy (non-hydrogen) atoms. The summed E-state index contributed by atoms with van der Waals surface area (Å²) in [6.07, 6.45) is 1.18. The molecule has 0 radical (unpaired) electrons. The summed E-state index contributed by atoms with van der Waals surface area (Å²) in [6.45, 7) is -0.0572. The van der Waals surface area contributed by atoms with Crippen molar-refractivity contribution in [1.29, 1.82) is 0 Å². The van der Waals surface area contributed by atoms with Crippen molar-refractivity contribution in [2.24, 2.45) is 0 Å². The Morgan fingerprint density at radius 1 is 1.75 bits per heavy atom. The van der Waals surface area contributed by atoms with E-state index in [2.05, 4.69) is 4.98 Å². The van der Waals surface area contributed by atoms with Crippen molar-refractivity contribution in [3.63, 3.8) is 0 Å². The first-order chi connectivity index (χ1) is 7.20. The summed E-state index contributed by atoms with van der Waals surface area (Å²) in [6, 6.07) is 1.54. The summed E-state index contributed by atoms with van der Waals surface area (Å²) in [4.78, 5) is 15.0. The van der Waals surface area contributed by atoms with E-state index >= 15 is 0 Å². The zero-order valence-corrected chi connectivity index (χ0v) is 8.68. The molecule has 1 aliphatic rings. The van der Waals surface area contributed by atoms with Crippen molar-refractivity contribution in [3.05, 3.63) is 22.7 Å². The molecule has 0 spiro atoms. The van der Waals surface area contributed by atoms with Crippen LogP contribution in [-0.2, 0) is 4.74 Å². The molecule has 0 bridgehead atoms. The fraction of sp³-hybridized carbons (Fsp3) is 0.500. The average Bonchev–Trinajstić information content (AvgIpc) is 2.66. The van der Waals surface area contributed by atoms with Gasteiger partial charge in [-0.2, -0.15) is 4.98 Å². The molecule has 2 heterocycles. The number of rotatable bonds is 2. The van der Waals surface area contributed by atoms with E-state index in [1.54, 1.807) is 12.3 Å². The number of ether oxygens (including phenoxy) is 1. The molecule has 0 amide bonds. The van der Waals surface area contributed by atoms with E-state index in [0.29, 0.717) is 5.75 Å². The number of hydrogen-bond donors (Lipinski definition) is 2. The number of anilines is 1. The SMILES string of the molecule is Nc1ccn([C@@H]2CS[C@H](CO)O2)c(=O)n1.[CaH2]. The van der Waals surface area contributed by atoms with Gasteiger partial charge in [0, 0.05) is 11.9 Å². The van der Waals surface area contributed by atoms with Gasteiger partial charge in [0.15, 0.2) is 0 Å². The Kier molecular flexibility index (Phi) is 5.55. The zero-order valence-electron chi connectivity index (χ0n) is 7.87. The number of thioether (sulfide) groups is 1. The summed E-state index contributed by atoms with van der Waals surface area (Å²) >= 11 is 1.47. The van der Waals surface area contributed by atoms with Crippen LogP contribution in [0.25, 0.3) is 0 Å². The van der Waals surface area contributed by atoms with Crippen LogP contribution < -0.4 is 11.4 Å². The van der Waals surface area contributed by atoms with Gasteiger partial charge < -0.3 is 15.6 Å². The number of nitrogen functional groups attached to an aromatic ring is 1. The van der Waals surface area contributed by atoms with Crippen LogP contribution >= 0.6 is 11.8 Å². The van der Waals surface area contributed by atoms with E-state index in [9.17, 15) is 4.79 Å². The second-order valence-electron chi connectivity index (χ2n) is 3.08. The second-order valence-corrected chi connectivity index (χ2v) is 4.27. The minimum atomic E-state index is -0.431. The Morgan fingerprint density at radius 3 is 3.06 bits per heavy atom. The standard InChI is InChI=1S/C8H11N3O3S.Ca.2H/c9-5-1-2-11(8(13)10-5)6-4-15-7(3-12)14-6;;;/h1-2,6-7,12H,3-4H2,(H2,9,10,13);;;/t6-,7+;;;/m0.../s1. The molecule has 1 saturated heterocycles. The van der Waals surface area contributed by atoms with E-state index in [0.717, 1.165) is 0 Å². The van der Waals surface area contributed by atoms with Gasteiger partial charge in [-0.15, -0.1) is 11.8 Å². The molecule has 2 rings (SSSR count). The first-order valence-electron chi connectivity index (χ1n) is 4.43. The number of nitrogens with two attached hydrogens (primary N) is 1. The van der Waals surface area contributed by atoms with Gasteiger partial charge >= 0.3 is 43.4 Å². The Bertz CT molecular complexity index is 414. The Hall–Kier alpha value is 0.210. The number of aliphatic hydroxyl groups is 1. The summed E-state index contributed by atoms with van der Waals surface area (Å²) in [7, 11) is 0. The van der Waals surface area contributed by atoms with E-state index in [-0.39, 0.29) is 61.8 Å². The molecule has 1 aromatic heterocycles. The van der Waals surface area contributed by atoms with Gasteiger partial charge in [0.1, 0.15) is 17.5 Å². The molecule has 6 nitrogen and oxygen atoms in total. The molecule has 86 valence electrons. The maximum atomic E-state index is 11.4. The van der Waals surface area contributed by atoms with Crippen LogP contribution in [0.3, 0.4) is 0 Å². The van der Waals surface area contributed by atoms with Crippen molar-refractivity contribution in [3.8, 4) is 0 Å². The molecule has 0 saturated carbocycles. The predicted molar refractivity (Wildman–Crippen MR) is 64.9 cm³/mol. The first kappa shape index (κ1) is 14.3. The Morgan fingerprint density at radius 2 is 2.50 bits per heavy atom. The van der Waals surface area contributed by atoms with Crippen LogP contribution in [0.4, 0.5) is 5.82 Å². The third-order valence-electron chi connectivity index (χ3n) is 2.04. The van der Waals surface area contributed by atoms with Crippen LogP contribution in [0.2, 0.25) is 0 Å². The van der Waals surface area contributed by atoms with E-state index in [4.69, 9.17) is 15.6 Å². The van der Waals surface area contributed by atoms with Crippen molar-refractivity contribution >= 4 is 55.3 Å². The monoisotopic (exact) mass is 271 g/mol. The van der Waals surface area contributed by atoms with Crippen LogP contribution in [0.15, 0.2) is 17.1 Å². The molecule has 1 aromatic rings. The van der Waals surface area contributed by atoms with Crippen molar-refractivity contribution in [2.75, 3.05) is 18.1 Å². The van der Waals surface area contributed by atoms with E-state index in [1.807, 2.05) is 0 Å². The molecule has 2 atom stereocenters. The third kappa shape index (κ3) is 3.12. The fourth-order valence-electron chi connectivity index (χ4n) is 1.33. The number of nitrogens with zero attached hydrogens (tertiary/aromatic N) is 2. The van der Waals surface area contributed by atoms with Crippen LogP contribution in [0.1, 0.15) is 6.23 Å². The Labute approximate surface area is 126 Å². The molecule has 8 heteroatoms. The van der Waals surface area contributed by atoms with E-state index < -0.39 is 5.69 Å². The van der Waals surface area contributed by atoms with Crippen LogP contribution in [-0.4, -0.2) is 70.2 Å². The van der Waals surface area contributed by atoms with Gasteiger partial charge in [-0.25, -0.2) is 4.79 Å². The van der Waals surface area contributed by atoms with Gasteiger partial charge in [-0.3, -0.25) is 4.57 Å². The topological polar surface area (TPSA) is 90.4 Å². The number of aliphatic hydroxyl groups excluding tert-OH is 1. The number of aromatic nitrogens is 2. The zero-order chi connectivity index (χ0) is 10.8. The van der Waals surface area contributed by atoms with Gasteiger partial charge in [-0.1, -0.05) is 0 Å². The normalized spacial score (nSPS) is 24.1. The molecule has 0 unspecified atom stereocenters. The third-order valence-corrected chi connectivity index (χ3v) is 3.15. The summed E-state index contributed by atoms with van der Waals surface area (Å²) in [5.41, 5.74) is 4.67. The first-order valence-corrected chi connectivity index (χ1v) is 5.48. The summed E-state index contributed by atoms with van der Waals surface area (Å²) in [5, 5.41) is 8.88. The van der Waals surface area contributed by atoms with Gasteiger partial charge in [0.2, 0.25) is 0 Å². The van der Waals surface area contributed by atoms with Gasteiger partial charge in [-0.05, 0) is 6.07 Å². The Balaban J connectivity index is 0.00000128. The molecular formula is C8H13CaN3O3S. The minimum absolute atomic E-state index is 0. The summed E-state index contributed by atoms with van der Waals surface area (Å²) < 4.78 is 6.79. The molecule has 3 N–H and O–H groups in total. The van der Waals surface area contributed by atoms with Crippen molar-refractivity contribution in [1.82, 2.24) is 9.55 Å². The van der Waals surface area contributed by atoms with Gasteiger partial charge in [0.05, 0.1) is 6.61 Å². The van der Waals surface area contributed by atoms with Crippen molar-refractivity contribution < 1.29 is 9.84 Å². The maximum absolute atomic E-state index is 11.4. The predicted octanol–water partition coefficient (Wildman–Crippen LogP) is -1.51. The van der Waals surface area contributed by atoms with Crippen LogP contribution in [0, 0.1) is 0 Å².